The quantitative estimate of drug-likeness (QED) is 0.681. The molecule has 6 nitrogen and oxygen atoms in total. The van der Waals surface area contributed by atoms with Gasteiger partial charge in [0.2, 0.25) is 15.9 Å². The van der Waals surface area contributed by atoms with E-state index in [1.807, 2.05) is 6.92 Å². The van der Waals surface area contributed by atoms with Crippen molar-refractivity contribution in [3.8, 4) is 0 Å². The molecule has 112 valence electrons. The Hall–Kier alpha value is -1.02. The normalized spacial score (nSPS) is 11.3. The van der Waals surface area contributed by atoms with Crippen LogP contribution in [0.5, 0.6) is 0 Å². The lowest BCUT2D eigenvalue weighted by Crippen LogP contribution is -2.37. The van der Waals surface area contributed by atoms with Crippen LogP contribution in [-0.4, -0.2) is 27.4 Å². The summed E-state index contributed by atoms with van der Waals surface area (Å²) >= 11 is 11.6. The van der Waals surface area contributed by atoms with Crippen molar-refractivity contribution >= 4 is 44.8 Å². The van der Waals surface area contributed by atoms with Crippen LogP contribution in [0.15, 0.2) is 17.0 Å². The van der Waals surface area contributed by atoms with Crippen LogP contribution in [0.1, 0.15) is 13.3 Å². The lowest BCUT2D eigenvalue weighted by Gasteiger charge is -2.10. The molecule has 1 aromatic carbocycles. The van der Waals surface area contributed by atoms with Gasteiger partial charge in [-0.1, -0.05) is 30.1 Å². The van der Waals surface area contributed by atoms with Crippen LogP contribution in [-0.2, 0) is 14.8 Å². The van der Waals surface area contributed by atoms with Crippen molar-refractivity contribution in [2.75, 3.05) is 18.8 Å². The molecule has 0 aromatic heterocycles. The van der Waals surface area contributed by atoms with E-state index in [1.54, 1.807) is 0 Å². The molecule has 0 aliphatic rings. The number of halogens is 2. The van der Waals surface area contributed by atoms with Crippen LogP contribution >= 0.6 is 23.2 Å². The summed E-state index contributed by atoms with van der Waals surface area (Å²) in [6, 6.07) is 2.56. The van der Waals surface area contributed by atoms with Gasteiger partial charge in [-0.2, -0.15) is 0 Å². The minimum Gasteiger partial charge on any atom is -0.396 e. The molecule has 1 aromatic rings. The average molecular weight is 340 g/mol. The van der Waals surface area contributed by atoms with Gasteiger partial charge >= 0.3 is 0 Å². The lowest BCUT2D eigenvalue weighted by atomic mass is 10.3. The molecule has 1 rings (SSSR count). The van der Waals surface area contributed by atoms with Gasteiger partial charge < -0.3 is 11.1 Å². The van der Waals surface area contributed by atoms with E-state index in [-0.39, 0.29) is 27.2 Å². The monoisotopic (exact) mass is 339 g/mol. The molecule has 0 heterocycles. The van der Waals surface area contributed by atoms with Crippen molar-refractivity contribution in [3.63, 3.8) is 0 Å². The van der Waals surface area contributed by atoms with Gasteiger partial charge in [-0.3, -0.25) is 4.79 Å². The summed E-state index contributed by atoms with van der Waals surface area (Å²) < 4.78 is 26.2. The summed E-state index contributed by atoms with van der Waals surface area (Å²) in [6.07, 6.45) is 0.762. The standard InChI is InChI=1S/C11H15Cl2N3O3S/c1-2-5-15-9(17)6-16-20(18,19)8-4-3-7(12)11(14)10(8)13/h3-4,16H,2,5-6,14H2,1H3,(H,15,17). The van der Waals surface area contributed by atoms with Crippen LogP contribution in [0.4, 0.5) is 5.69 Å². The Morgan fingerprint density at radius 3 is 2.60 bits per heavy atom. The summed E-state index contributed by atoms with van der Waals surface area (Å²) in [5, 5.41) is 2.54. The number of nitrogen functional groups attached to an aromatic ring is 1. The first kappa shape index (κ1) is 17.0. The third-order valence-electron chi connectivity index (χ3n) is 2.38. The number of rotatable bonds is 6. The molecule has 0 spiro atoms. The van der Waals surface area contributed by atoms with Crippen molar-refractivity contribution < 1.29 is 13.2 Å². The highest BCUT2D eigenvalue weighted by molar-refractivity contribution is 7.89. The number of benzene rings is 1. The maximum atomic E-state index is 12.0. The molecule has 0 fully saturated rings. The number of anilines is 1. The third-order valence-corrected chi connectivity index (χ3v) is 4.67. The first-order chi connectivity index (χ1) is 9.29. The van der Waals surface area contributed by atoms with E-state index in [2.05, 4.69) is 10.0 Å². The second-order valence-electron chi connectivity index (χ2n) is 3.95. The molecule has 0 aliphatic heterocycles. The molecular weight excluding hydrogens is 325 g/mol. The van der Waals surface area contributed by atoms with Crippen LogP contribution in [0.2, 0.25) is 10.0 Å². The van der Waals surface area contributed by atoms with Crippen LogP contribution in [0.3, 0.4) is 0 Å². The van der Waals surface area contributed by atoms with Crippen LogP contribution in [0.25, 0.3) is 0 Å². The zero-order valence-corrected chi connectivity index (χ0v) is 13.1. The van der Waals surface area contributed by atoms with Gasteiger partial charge in [-0.25, -0.2) is 13.1 Å². The lowest BCUT2D eigenvalue weighted by molar-refractivity contribution is -0.119. The molecule has 1 amide bonds. The highest BCUT2D eigenvalue weighted by atomic mass is 35.5. The smallest absolute Gasteiger partial charge is 0.242 e. The number of sulfonamides is 1. The Balaban J connectivity index is 2.85. The van der Waals surface area contributed by atoms with E-state index < -0.39 is 15.9 Å². The number of carbonyl (C=O) groups is 1. The molecule has 9 heteroatoms. The summed E-state index contributed by atoms with van der Waals surface area (Å²) in [4.78, 5) is 11.2. The number of hydrogen-bond donors (Lipinski definition) is 3. The van der Waals surface area contributed by atoms with Crippen molar-refractivity contribution in [2.45, 2.75) is 18.2 Å². The second kappa shape index (κ2) is 7.12. The molecule has 20 heavy (non-hydrogen) atoms. The Morgan fingerprint density at radius 2 is 2.00 bits per heavy atom. The van der Waals surface area contributed by atoms with E-state index in [4.69, 9.17) is 28.9 Å². The number of carbonyl (C=O) groups excluding carboxylic acids is 1. The van der Waals surface area contributed by atoms with Crippen LogP contribution < -0.4 is 15.8 Å². The Morgan fingerprint density at radius 1 is 1.35 bits per heavy atom. The van der Waals surface area contributed by atoms with Gasteiger partial charge in [0.15, 0.2) is 0 Å². The highest BCUT2D eigenvalue weighted by Crippen LogP contribution is 2.32. The van der Waals surface area contributed by atoms with E-state index in [0.717, 1.165) is 6.42 Å². The van der Waals surface area contributed by atoms with Gasteiger partial charge in [0.05, 0.1) is 22.3 Å². The number of nitrogens with two attached hydrogens (primary N) is 1. The average Bonchev–Trinajstić information content (AvgIpc) is 2.40. The van der Waals surface area contributed by atoms with E-state index >= 15 is 0 Å². The van der Waals surface area contributed by atoms with E-state index in [0.29, 0.717) is 6.54 Å². The first-order valence-electron chi connectivity index (χ1n) is 5.79. The van der Waals surface area contributed by atoms with Crippen molar-refractivity contribution in [1.29, 1.82) is 0 Å². The van der Waals surface area contributed by atoms with Crippen molar-refractivity contribution in [3.05, 3.63) is 22.2 Å². The Kier molecular flexibility index (Phi) is 6.07. The fraction of sp³-hybridized carbons (Fsp3) is 0.364. The fourth-order valence-corrected chi connectivity index (χ4v) is 3.07. The summed E-state index contributed by atoms with van der Waals surface area (Å²) in [6.45, 7) is 2.00. The summed E-state index contributed by atoms with van der Waals surface area (Å²) in [5.74, 6) is -0.423. The first-order valence-corrected chi connectivity index (χ1v) is 8.03. The third kappa shape index (κ3) is 4.24. The van der Waals surface area contributed by atoms with Crippen molar-refractivity contribution in [1.82, 2.24) is 10.0 Å². The molecule has 0 aliphatic carbocycles. The zero-order chi connectivity index (χ0) is 15.3. The van der Waals surface area contributed by atoms with Gasteiger partial charge in [0.25, 0.3) is 0 Å². The number of hydrogen-bond acceptors (Lipinski definition) is 4. The van der Waals surface area contributed by atoms with Gasteiger partial charge in [0, 0.05) is 6.54 Å². The molecule has 0 atom stereocenters. The predicted molar refractivity (Wildman–Crippen MR) is 79.4 cm³/mol. The second-order valence-corrected chi connectivity index (χ2v) is 6.47. The predicted octanol–water partition coefficient (Wildman–Crippen LogP) is 1.38. The topological polar surface area (TPSA) is 101 Å². The maximum absolute atomic E-state index is 12.0. The number of nitrogens with one attached hydrogen (secondary N) is 2. The molecule has 0 radical (unpaired) electrons. The number of amides is 1. The largest absolute Gasteiger partial charge is 0.396 e. The molecule has 0 bridgehead atoms. The Bertz CT molecular complexity index is 605. The van der Waals surface area contributed by atoms with Gasteiger partial charge in [-0.15, -0.1) is 0 Å². The molecular formula is C11H15Cl2N3O3S. The van der Waals surface area contributed by atoms with Crippen molar-refractivity contribution in [2.24, 2.45) is 0 Å². The molecule has 0 saturated carbocycles. The molecule has 0 saturated heterocycles. The summed E-state index contributed by atoms with van der Waals surface area (Å²) in [5.41, 5.74) is 5.54. The van der Waals surface area contributed by atoms with Crippen LogP contribution in [0, 0.1) is 0 Å². The molecule has 4 N–H and O–H groups in total. The summed E-state index contributed by atoms with van der Waals surface area (Å²) in [7, 11) is -3.93. The van der Waals surface area contributed by atoms with E-state index in [9.17, 15) is 13.2 Å². The highest BCUT2D eigenvalue weighted by Gasteiger charge is 2.21. The zero-order valence-electron chi connectivity index (χ0n) is 10.7. The SMILES string of the molecule is CCCNC(=O)CNS(=O)(=O)c1ccc(Cl)c(N)c1Cl. The van der Waals surface area contributed by atoms with Gasteiger partial charge in [0.1, 0.15) is 4.90 Å². The maximum Gasteiger partial charge on any atom is 0.242 e. The fourth-order valence-electron chi connectivity index (χ4n) is 1.32. The van der Waals surface area contributed by atoms with E-state index in [1.165, 1.54) is 12.1 Å². The Labute approximate surface area is 127 Å². The minimum absolute atomic E-state index is 0.0216. The van der Waals surface area contributed by atoms with Gasteiger partial charge in [-0.05, 0) is 18.6 Å². The minimum atomic E-state index is -3.93. The molecule has 0 unspecified atom stereocenters.